The Morgan fingerprint density at radius 2 is 1.62 bits per heavy atom. The van der Waals surface area contributed by atoms with Gasteiger partial charge in [0.25, 0.3) is 0 Å². The number of hydrogen-bond donors (Lipinski definition) is 1. The van der Waals surface area contributed by atoms with Crippen LogP contribution in [0.25, 0.3) is 0 Å². The Bertz CT molecular complexity index is 468. The number of nitrogens with zero attached hydrogens (tertiary/aromatic N) is 1. The molecule has 21 heavy (non-hydrogen) atoms. The molecule has 4 heteroatoms. The molecule has 0 aliphatic carbocycles. The summed E-state index contributed by atoms with van der Waals surface area (Å²) in [5.41, 5.74) is -0.504. The molecule has 0 heterocycles. The van der Waals surface area contributed by atoms with E-state index in [9.17, 15) is 13.9 Å². The monoisotopic (exact) mass is 299 g/mol. The Hall–Kier alpha value is -1.00. The molecule has 0 fully saturated rings. The summed E-state index contributed by atoms with van der Waals surface area (Å²) in [6, 6.07) is 2.63. The topological polar surface area (TPSA) is 23.5 Å². The third kappa shape index (κ3) is 3.11. The zero-order chi connectivity index (χ0) is 16.2. The van der Waals surface area contributed by atoms with Crippen molar-refractivity contribution in [2.45, 2.75) is 59.1 Å². The maximum atomic E-state index is 14.4. The van der Waals surface area contributed by atoms with Gasteiger partial charge in [0.05, 0.1) is 11.1 Å². The van der Waals surface area contributed by atoms with Crippen molar-refractivity contribution in [1.29, 1.82) is 0 Å². The van der Waals surface area contributed by atoms with E-state index in [1.165, 1.54) is 12.1 Å². The zero-order valence-electron chi connectivity index (χ0n) is 13.7. The average Bonchev–Trinajstić information content (AvgIpc) is 2.49. The smallest absolute Gasteiger partial charge is 0.134 e. The summed E-state index contributed by atoms with van der Waals surface area (Å²) in [5.74, 6) is -1.31. The van der Waals surface area contributed by atoms with Crippen LogP contribution in [-0.2, 0) is 0 Å². The number of likely N-dealkylation sites (N-methyl/N-ethyl adjacent to an activating group) is 1. The van der Waals surface area contributed by atoms with E-state index in [1.54, 1.807) is 6.92 Å². The Kier molecular flexibility index (Phi) is 6.29. The lowest BCUT2D eigenvalue weighted by Gasteiger charge is -2.46. The Morgan fingerprint density at radius 1 is 1.10 bits per heavy atom. The number of aliphatic hydroxyl groups is 1. The minimum Gasteiger partial charge on any atom is -0.386 e. The molecule has 0 aliphatic rings. The van der Waals surface area contributed by atoms with Crippen LogP contribution in [0, 0.1) is 18.6 Å². The minimum atomic E-state index is -1.19. The quantitative estimate of drug-likeness (QED) is 0.815. The van der Waals surface area contributed by atoms with Crippen molar-refractivity contribution in [1.82, 2.24) is 4.90 Å². The highest BCUT2D eigenvalue weighted by Crippen LogP contribution is 2.39. The van der Waals surface area contributed by atoms with E-state index in [0.29, 0.717) is 18.4 Å². The van der Waals surface area contributed by atoms with Crippen molar-refractivity contribution in [2.24, 2.45) is 0 Å². The fraction of sp³-hybridized carbons (Fsp3) is 0.647. The normalized spacial score (nSPS) is 13.8. The number of hydrogen-bond acceptors (Lipinski definition) is 2. The van der Waals surface area contributed by atoms with Crippen LogP contribution in [-0.4, -0.2) is 28.6 Å². The van der Waals surface area contributed by atoms with Crippen LogP contribution < -0.4 is 0 Å². The highest BCUT2D eigenvalue weighted by atomic mass is 19.1. The Labute approximate surface area is 126 Å². The number of halogens is 2. The van der Waals surface area contributed by atoms with Gasteiger partial charge in [-0.3, -0.25) is 4.90 Å². The number of benzene rings is 1. The fourth-order valence-electron chi connectivity index (χ4n) is 3.31. The zero-order valence-corrected chi connectivity index (χ0v) is 13.7. The van der Waals surface area contributed by atoms with Gasteiger partial charge in [0.15, 0.2) is 0 Å². The first kappa shape index (κ1) is 18.1. The lowest BCUT2D eigenvalue weighted by molar-refractivity contribution is -0.0399. The second kappa shape index (κ2) is 7.32. The standard InChI is InChI=1S/C17H27F2NO/c1-6-17(7-2,20(8-3)9-4)16(21)14-13(18)11-10-12(5)15(14)19/h10-11,16,21H,6-9H2,1-5H3. The van der Waals surface area contributed by atoms with Crippen LogP contribution >= 0.6 is 0 Å². The van der Waals surface area contributed by atoms with Gasteiger partial charge in [-0.1, -0.05) is 33.8 Å². The van der Waals surface area contributed by atoms with Crippen LogP contribution in [0.3, 0.4) is 0 Å². The third-order valence-corrected chi connectivity index (χ3v) is 4.72. The van der Waals surface area contributed by atoms with Gasteiger partial charge in [-0.05, 0) is 44.5 Å². The molecular formula is C17H27F2NO. The largest absolute Gasteiger partial charge is 0.386 e. The van der Waals surface area contributed by atoms with Gasteiger partial charge in [-0.25, -0.2) is 8.78 Å². The Morgan fingerprint density at radius 3 is 2.05 bits per heavy atom. The second-order valence-electron chi connectivity index (χ2n) is 5.48. The summed E-state index contributed by atoms with van der Waals surface area (Å²) in [5, 5.41) is 10.8. The molecule has 1 N–H and O–H groups in total. The summed E-state index contributed by atoms with van der Waals surface area (Å²) in [6.45, 7) is 10.9. The molecule has 0 amide bonds. The molecule has 2 nitrogen and oxygen atoms in total. The molecule has 0 radical (unpaired) electrons. The van der Waals surface area contributed by atoms with Gasteiger partial charge >= 0.3 is 0 Å². The third-order valence-electron chi connectivity index (χ3n) is 4.72. The van der Waals surface area contributed by atoms with Crippen molar-refractivity contribution in [3.63, 3.8) is 0 Å². The molecule has 0 bridgehead atoms. The molecular weight excluding hydrogens is 272 g/mol. The van der Waals surface area contributed by atoms with Gasteiger partial charge in [0, 0.05) is 0 Å². The molecule has 1 aromatic carbocycles. The predicted octanol–water partition coefficient (Wildman–Crippen LogP) is 4.21. The van der Waals surface area contributed by atoms with Gasteiger partial charge < -0.3 is 5.11 Å². The van der Waals surface area contributed by atoms with E-state index >= 15 is 0 Å². The van der Waals surface area contributed by atoms with Crippen LogP contribution in [0.2, 0.25) is 0 Å². The molecule has 1 rings (SSSR count). The number of aliphatic hydroxyl groups excluding tert-OH is 1. The summed E-state index contributed by atoms with van der Waals surface area (Å²) < 4.78 is 28.5. The first-order chi connectivity index (χ1) is 9.89. The molecule has 1 unspecified atom stereocenters. The van der Waals surface area contributed by atoms with Gasteiger partial charge in [-0.15, -0.1) is 0 Å². The van der Waals surface area contributed by atoms with E-state index in [0.717, 1.165) is 13.1 Å². The van der Waals surface area contributed by atoms with Crippen molar-refractivity contribution in [3.05, 3.63) is 34.9 Å². The first-order valence-electron chi connectivity index (χ1n) is 7.77. The summed E-state index contributed by atoms with van der Waals surface area (Å²) in [4.78, 5) is 2.10. The van der Waals surface area contributed by atoms with Gasteiger partial charge in [-0.2, -0.15) is 0 Å². The van der Waals surface area contributed by atoms with Gasteiger partial charge in [0.2, 0.25) is 0 Å². The lowest BCUT2D eigenvalue weighted by atomic mass is 9.80. The fourth-order valence-corrected chi connectivity index (χ4v) is 3.31. The number of aryl methyl sites for hydroxylation is 1. The lowest BCUT2D eigenvalue weighted by Crippen LogP contribution is -2.52. The molecule has 120 valence electrons. The molecule has 1 atom stereocenters. The van der Waals surface area contributed by atoms with E-state index in [-0.39, 0.29) is 5.56 Å². The molecule has 0 saturated heterocycles. The maximum Gasteiger partial charge on any atom is 0.134 e. The molecule has 0 aromatic heterocycles. The van der Waals surface area contributed by atoms with Crippen LogP contribution in [0.5, 0.6) is 0 Å². The SMILES string of the molecule is CCN(CC)C(CC)(CC)C(O)c1c(F)ccc(C)c1F. The number of rotatable bonds is 7. The summed E-state index contributed by atoms with van der Waals surface area (Å²) in [6.07, 6.45) is 0.0607. The average molecular weight is 299 g/mol. The van der Waals surface area contributed by atoms with E-state index in [4.69, 9.17) is 0 Å². The van der Waals surface area contributed by atoms with Crippen molar-refractivity contribution >= 4 is 0 Å². The molecule has 1 aromatic rings. The minimum absolute atomic E-state index is 0.203. The predicted molar refractivity (Wildman–Crippen MR) is 82.3 cm³/mol. The van der Waals surface area contributed by atoms with Crippen LogP contribution in [0.4, 0.5) is 8.78 Å². The summed E-state index contributed by atoms with van der Waals surface area (Å²) in [7, 11) is 0. The maximum absolute atomic E-state index is 14.4. The second-order valence-corrected chi connectivity index (χ2v) is 5.48. The van der Waals surface area contributed by atoms with Gasteiger partial charge in [0.1, 0.15) is 17.7 Å². The van der Waals surface area contributed by atoms with E-state index in [1.807, 2.05) is 27.7 Å². The van der Waals surface area contributed by atoms with E-state index < -0.39 is 23.3 Å². The van der Waals surface area contributed by atoms with Crippen molar-refractivity contribution in [2.75, 3.05) is 13.1 Å². The van der Waals surface area contributed by atoms with E-state index in [2.05, 4.69) is 4.90 Å². The highest BCUT2D eigenvalue weighted by molar-refractivity contribution is 5.30. The molecule has 0 aliphatic heterocycles. The summed E-state index contributed by atoms with van der Waals surface area (Å²) >= 11 is 0. The van der Waals surface area contributed by atoms with Crippen molar-refractivity contribution < 1.29 is 13.9 Å². The van der Waals surface area contributed by atoms with Crippen molar-refractivity contribution in [3.8, 4) is 0 Å². The highest BCUT2D eigenvalue weighted by Gasteiger charge is 2.42. The molecule has 0 saturated carbocycles. The van der Waals surface area contributed by atoms with Crippen LogP contribution in [0.1, 0.15) is 57.8 Å². The first-order valence-corrected chi connectivity index (χ1v) is 7.77. The van der Waals surface area contributed by atoms with Crippen LogP contribution in [0.15, 0.2) is 12.1 Å². The Balaban J connectivity index is 3.43. The molecule has 0 spiro atoms.